The third-order valence-electron chi connectivity index (χ3n) is 4.96. The van der Waals surface area contributed by atoms with E-state index >= 15 is 0 Å². The number of nitrogens with zero attached hydrogens (tertiary/aromatic N) is 2. The molecule has 2 aromatic carbocycles. The number of carboxylic acids is 2. The van der Waals surface area contributed by atoms with Gasteiger partial charge in [-0.15, -0.1) is 0 Å². The molecule has 2 heterocycles. The molecule has 2 aromatic rings. The van der Waals surface area contributed by atoms with Crippen molar-refractivity contribution in [3.05, 3.63) is 69.7 Å². The molecule has 0 unspecified atom stereocenters. The van der Waals surface area contributed by atoms with E-state index in [-0.39, 0.29) is 0 Å². The lowest BCUT2D eigenvalue weighted by Crippen LogP contribution is -2.43. The van der Waals surface area contributed by atoms with E-state index in [2.05, 4.69) is 53.3 Å². The largest absolute Gasteiger partial charge is 0.478 e. The predicted octanol–water partition coefficient (Wildman–Crippen LogP) is 4.92. The first-order valence-corrected chi connectivity index (χ1v) is 11.4. The molecule has 9 heteroatoms. The van der Waals surface area contributed by atoms with Gasteiger partial charge in [-0.25, -0.2) is 9.59 Å². The molecule has 0 aromatic heterocycles. The standard InChI is InChI=1S/C19H18Cl2N2S.C4H4O4/c1-22-8-10-23(11-9-22)16-12-13-4-2-3-5-17(13)24-19-14(16)6-7-15(20)18(19)21;5-3(6)1-2-4(7)8/h2-7,12H,8-11H2,1H3;1-2H,(H,5,6)(H,7,8)/b;2-1-. The zero-order valence-electron chi connectivity index (χ0n) is 17.3. The molecule has 32 heavy (non-hydrogen) atoms. The Bertz CT molecular complexity index is 1060. The van der Waals surface area contributed by atoms with Gasteiger partial charge in [-0.05, 0) is 30.8 Å². The van der Waals surface area contributed by atoms with Gasteiger partial charge in [-0.2, -0.15) is 0 Å². The molecule has 2 aliphatic rings. The molecule has 0 saturated carbocycles. The smallest absolute Gasteiger partial charge is 0.328 e. The fourth-order valence-electron chi connectivity index (χ4n) is 3.31. The molecule has 6 nitrogen and oxygen atoms in total. The van der Waals surface area contributed by atoms with E-state index in [0.717, 1.165) is 31.1 Å². The molecule has 2 N–H and O–H groups in total. The summed E-state index contributed by atoms with van der Waals surface area (Å²) in [5, 5.41) is 16.9. The third-order valence-corrected chi connectivity index (χ3v) is 7.10. The molecular weight excluding hydrogens is 471 g/mol. The number of piperazine rings is 1. The lowest BCUT2D eigenvalue weighted by atomic mass is 10.1. The zero-order chi connectivity index (χ0) is 23.3. The van der Waals surface area contributed by atoms with E-state index in [1.807, 2.05) is 6.07 Å². The number of fused-ring (bicyclic) bond motifs is 2. The molecule has 0 atom stereocenters. The number of hydrogen-bond donors (Lipinski definition) is 2. The second kappa shape index (κ2) is 10.9. The minimum Gasteiger partial charge on any atom is -0.478 e. The number of halogens is 2. The van der Waals surface area contributed by atoms with Crippen molar-refractivity contribution in [1.29, 1.82) is 0 Å². The molecule has 168 valence electrons. The van der Waals surface area contributed by atoms with Crippen LogP contribution in [-0.4, -0.2) is 65.2 Å². The molecule has 0 spiro atoms. The van der Waals surface area contributed by atoms with Crippen molar-refractivity contribution < 1.29 is 19.8 Å². The number of benzene rings is 2. The summed E-state index contributed by atoms with van der Waals surface area (Å²) in [7, 11) is 2.18. The molecule has 1 saturated heterocycles. The summed E-state index contributed by atoms with van der Waals surface area (Å²) >= 11 is 14.6. The minimum absolute atomic E-state index is 0.558. The van der Waals surface area contributed by atoms with Crippen molar-refractivity contribution in [1.82, 2.24) is 9.80 Å². The highest BCUT2D eigenvalue weighted by Crippen LogP contribution is 2.46. The van der Waals surface area contributed by atoms with Gasteiger partial charge in [0.1, 0.15) is 0 Å². The maximum atomic E-state index is 9.55. The Morgan fingerprint density at radius 3 is 2.22 bits per heavy atom. The molecule has 0 bridgehead atoms. The van der Waals surface area contributed by atoms with E-state index in [0.29, 0.717) is 22.2 Å². The number of carboxylic acid groups (broad SMARTS) is 2. The fourth-order valence-corrected chi connectivity index (χ4v) is 4.90. The van der Waals surface area contributed by atoms with Crippen molar-refractivity contribution in [2.24, 2.45) is 0 Å². The van der Waals surface area contributed by atoms with Crippen LogP contribution in [0.1, 0.15) is 11.1 Å². The van der Waals surface area contributed by atoms with Gasteiger partial charge in [0.15, 0.2) is 0 Å². The maximum absolute atomic E-state index is 9.55. The fraction of sp³-hybridized carbons (Fsp3) is 0.217. The maximum Gasteiger partial charge on any atom is 0.328 e. The van der Waals surface area contributed by atoms with Crippen molar-refractivity contribution in [2.45, 2.75) is 9.79 Å². The summed E-state index contributed by atoms with van der Waals surface area (Å²) in [6.45, 7) is 4.19. The molecule has 0 radical (unpaired) electrons. The Balaban J connectivity index is 0.000000312. The first kappa shape index (κ1) is 24.2. The van der Waals surface area contributed by atoms with E-state index in [9.17, 15) is 9.59 Å². The highest BCUT2D eigenvalue weighted by molar-refractivity contribution is 7.99. The quantitative estimate of drug-likeness (QED) is 0.588. The summed E-state index contributed by atoms with van der Waals surface area (Å²) in [6, 6.07) is 12.5. The Morgan fingerprint density at radius 1 is 0.969 bits per heavy atom. The number of aliphatic carboxylic acids is 2. The van der Waals surface area contributed by atoms with Crippen LogP contribution in [0.4, 0.5) is 0 Å². The van der Waals surface area contributed by atoms with Crippen LogP contribution in [0.5, 0.6) is 0 Å². The number of likely N-dealkylation sites (N-methyl/N-ethyl adjacent to an activating group) is 1. The van der Waals surface area contributed by atoms with E-state index in [1.54, 1.807) is 11.8 Å². The minimum atomic E-state index is -1.26. The second-order valence-electron chi connectivity index (χ2n) is 7.21. The third kappa shape index (κ3) is 6.07. The summed E-state index contributed by atoms with van der Waals surface area (Å²) in [5.41, 5.74) is 3.66. The van der Waals surface area contributed by atoms with Gasteiger partial charge in [-0.1, -0.05) is 59.2 Å². The van der Waals surface area contributed by atoms with Crippen molar-refractivity contribution >= 4 is 58.7 Å². The first-order valence-electron chi connectivity index (χ1n) is 9.80. The van der Waals surface area contributed by atoms with Crippen molar-refractivity contribution in [2.75, 3.05) is 33.2 Å². The van der Waals surface area contributed by atoms with Crippen molar-refractivity contribution in [3.8, 4) is 0 Å². The molecule has 0 aliphatic carbocycles. The Kier molecular flexibility index (Phi) is 8.26. The van der Waals surface area contributed by atoms with Gasteiger partial charge in [0.25, 0.3) is 0 Å². The van der Waals surface area contributed by atoms with E-state index in [4.69, 9.17) is 33.4 Å². The summed E-state index contributed by atoms with van der Waals surface area (Å²) < 4.78 is 0. The zero-order valence-corrected chi connectivity index (χ0v) is 19.6. The van der Waals surface area contributed by atoms with Crippen LogP contribution in [0.15, 0.2) is 58.3 Å². The van der Waals surface area contributed by atoms with Crippen LogP contribution >= 0.6 is 35.0 Å². The van der Waals surface area contributed by atoms with E-state index in [1.165, 1.54) is 21.7 Å². The Hall–Kier alpha value is -2.45. The van der Waals surface area contributed by atoms with Crippen molar-refractivity contribution in [3.63, 3.8) is 0 Å². The van der Waals surface area contributed by atoms with Crippen LogP contribution < -0.4 is 0 Å². The summed E-state index contributed by atoms with van der Waals surface area (Å²) in [5.74, 6) is -2.51. The lowest BCUT2D eigenvalue weighted by Gasteiger charge is -2.36. The molecule has 0 amide bonds. The van der Waals surface area contributed by atoms with Gasteiger partial charge >= 0.3 is 11.9 Å². The molecule has 1 fully saturated rings. The van der Waals surface area contributed by atoms with Gasteiger partial charge in [0, 0.05) is 59.4 Å². The molecule has 2 aliphatic heterocycles. The normalized spacial score (nSPS) is 15.7. The van der Waals surface area contributed by atoms with Gasteiger partial charge in [0.05, 0.1) is 10.0 Å². The van der Waals surface area contributed by atoms with Gasteiger partial charge in [0.2, 0.25) is 0 Å². The monoisotopic (exact) mass is 492 g/mol. The molecule has 4 rings (SSSR count). The van der Waals surface area contributed by atoms with Crippen LogP contribution in [-0.2, 0) is 9.59 Å². The predicted molar refractivity (Wildman–Crippen MR) is 128 cm³/mol. The summed E-state index contributed by atoms with van der Waals surface area (Å²) in [4.78, 5) is 26.2. The van der Waals surface area contributed by atoms with Gasteiger partial charge in [-0.3, -0.25) is 0 Å². The molecular formula is C23H22Cl2N2O4S. The average molecular weight is 493 g/mol. The van der Waals surface area contributed by atoms with Crippen LogP contribution in [0, 0.1) is 0 Å². The summed E-state index contributed by atoms with van der Waals surface area (Å²) in [6.07, 6.45) is 3.41. The first-order chi connectivity index (χ1) is 15.3. The number of hydrogen-bond acceptors (Lipinski definition) is 5. The SMILES string of the molecule is CN1CCN(C2=Cc3ccccc3Sc3c2ccc(Cl)c3Cl)CC1.O=C(O)/C=C\C(=O)O. The Morgan fingerprint density at radius 2 is 1.59 bits per heavy atom. The van der Waals surface area contributed by atoms with Crippen LogP contribution in [0.25, 0.3) is 11.8 Å². The topological polar surface area (TPSA) is 81.1 Å². The second-order valence-corrected chi connectivity index (χ2v) is 9.05. The van der Waals surface area contributed by atoms with Crippen LogP contribution in [0.3, 0.4) is 0 Å². The number of rotatable bonds is 3. The highest BCUT2D eigenvalue weighted by atomic mass is 35.5. The van der Waals surface area contributed by atoms with E-state index < -0.39 is 11.9 Å². The average Bonchev–Trinajstić information content (AvgIpc) is 2.93. The Labute approximate surface area is 200 Å². The van der Waals surface area contributed by atoms with Gasteiger partial charge < -0.3 is 20.0 Å². The lowest BCUT2D eigenvalue weighted by molar-refractivity contribution is -0.134. The number of carbonyl (C=O) groups is 2. The van der Waals surface area contributed by atoms with Crippen LogP contribution in [0.2, 0.25) is 10.0 Å². The highest BCUT2D eigenvalue weighted by Gasteiger charge is 2.25.